The molecule has 192 valence electrons. The Bertz CT molecular complexity index is 1010. The van der Waals surface area contributed by atoms with Crippen molar-refractivity contribution in [3.63, 3.8) is 0 Å². The Morgan fingerprint density at radius 1 is 1.11 bits per heavy atom. The molecule has 0 spiro atoms. The van der Waals surface area contributed by atoms with Gasteiger partial charge in [0.05, 0.1) is 13.2 Å². The molecule has 3 unspecified atom stereocenters. The first-order valence-electron chi connectivity index (χ1n) is 12.5. The van der Waals surface area contributed by atoms with Gasteiger partial charge in [0, 0.05) is 23.6 Å². The summed E-state index contributed by atoms with van der Waals surface area (Å²) >= 11 is 0. The smallest absolute Gasteiger partial charge is 0.248 e. The Labute approximate surface area is 210 Å². The highest BCUT2D eigenvalue weighted by Crippen LogP contribution is 2.41. The first kappa shape index (κ1) is 28.4. The lowest BCUT2D eigenvalue weighted by molar-refractivity contribution is -0.117. The van der Waals surface area contributed by atoms with Crippen molar-refractivity contribution in [2.24, 2.45) is 17.6 Å². The Balaban J connectivity index is 2.50. The maximum Gasteiger partial charge on any atom is 0.248 e. The van der Waals surface area contributed by atoms with Gasteiger partial charge in [0.15, 0.2) is 0 Å². The van der Waals surface area contributed by atoms with Gasteiger partial charge in [-0.15, -0.1) is 0 Å². The number of hydrogen-bond acceptors (Lipinski definition) is 4. The van der Waals surface area contributed by atoms with Gasteiger partial charge in [0.2, 0.25) is 11.8 Å². The van der Waals surface area contributed by atoms with Crippen LogP contribution in [-0.4, -0.2) is 30.1 Å². The number of anilines is 1. The SMILES string of the molecule is CCCC(O)C(C(C)C)C(CC(=O)Nc1cc(C(N)=O)ccc1C(C)(C)C)c1ccccc1OC. The predicted molar refractivity (Wildman–Crippen MR) is 142 cm³/mol. The summed E-state index contributed by atoms with van der Waals surface area (Å²) in [5.74, 6) is -0.299. The summed E-state index contributed by atoms with van der Waals surface area (Å²) in [6.45, 7) is 12.4. The molecule has 0 radical (unpaired) electrons. The molecule has 2 amide bonds. The van der Waals surface area contributed by atoms with Crippen molar-refractivity contribution in [2.45, 2.75) is 78.2 Å². The van der Waals surface area contributed by atoms with Crippen LogP contribution in [0.4, 0.5) is 5.69 Å². The lowest BCUT2D eigenvalue weighted by Crippen LogP contribution is -2.33. The number of methoxy groups -OCH3 is 1. The molecule has 0 aliphatic carbocycles. The second-order valence-electron chi connectivity index (χ2n) is 10.7. The number of nitrogens with one attached hydrogen (secondary N) is 1. The molecule has 2 rings (SSSR count). The summed E-state index contributed by atoms with van der Waals surface area (Å²) in [6, 6.07) is 12.9. The van der Waals surface area contributed by atoms with E-state index in [1.54, 1.807) is 19.2 Å². The molecule has 0 heterocycles. The maximum absolute atomic E-state index is 13.5. The van der Waals surface area contributed by atoms with Gasteiger partial charge in [0.1, 0.15) is 5.75 Å². The van der Waals surface area contributed by atoms with Crippen LogP contribution in [0.15, 0.2) is 42.5 Å². The summed E-state index contributed by atoms with van der Waals surface area (Å²) in [4.78, 5) is 25.3. The molecular formula is C29H42N2O4. The molecule has 2 aromatic rings. The average molecular weight is 483 g/mol. The van der Waals surface area contributed by atoms with Gasteiger partial charge in [0.25, 0.3) is 0 Å². The number of nitrogens with two attached hydrogens (primary N) is 1. The van der Waals surface area contributed by atoms with Gasteiger partial charge in [-0.05, 0) is 53.0 Å². The number of primary amides is 1. The zero-order valence-corrected chi connectivity index (χ0v) is 22.2. The number of ether oxygens (including phenoxy) is 1. The van der Waals surface area contributed by atoms with E-state index in [1.165, 1.54) is 0 Å². The van der Waals surface area contributed by atoms with Crippen molar-refractivity contribution in [3.05, 3.63) is 59.2 Å². The van der Waals surface area contributed by atoms with E-state index in [4.69, 9.17) is 10.5 Å². The van der Waals surface area contributed by atoms with Crippen molar-refractivity contribution >= 4 is 17.5 Å². The van der Waals surface area contributed by atoms with Crippen molar-refractivity contribution in [3.8, 4) is 5.75 Å². The fourth-order valence-corrected chi connectivity index (χ4v) is 4.95. The van der Waals surface area contributed by atoms with Crippen LogP contribution in [0.3, 0.4) is 0 Å². The molecule has 0 saturated heterocycles. The van der Waals surface area contributed by atoms with Crippen LogP contribution in [0.25, 0.3) is 0 Å². The number of hydrogen-bond donors (Lipinski definition) is 3. The zero-order valence-electron chi connectivity index (χ0n) is 22.2. The van der Waals surface area contributed by atoms with Crippen LogP contribution in [0.1, 0.15) is 88.2 Å². The molecule has 35 heavy (non-hydrogen) atoms. The van der Waals surface area contributed by atoms with Crippen molar-refractivity contribution < 1.29 is 19.4 Å². The lowest BCUT2D eigenvalue weighted by atomic mass is 9.73. The van der Waals surface area contributed by atoms with Crippen LogP contribution in [0, 0.1) is 11.8 Å². The minimum atomic E-state index is -0.550. The standard InChI is InChI=1S/C29H42N2O4/c1-8-11-24(32)27(18(2)3)21(20-12-9-10-13-25(20)35-7)17-26(33)31-23-16-19(28(30)34)14-15-22(23)29(4,5)6/h9-10,12-16,18,21,24,27,32H,8,11,17H2,1-7H3,(H2,30,34)(H,31,33). The number of rotatable bonds is 11. The van der Waals surface area contributed by atoms with Crippen molar-refractivity contribution in [1.29, 1.82) is 0 Å². The van der Waals surface area contributed by atoms with Gasteiger partial charge in [-0.2, -0.15) is 0 Å². The average Bonchev–Trinajstić information content (AvgIpc) is 2.77. The van der Waals surface area contributed by atoms with Crippen LogP contribution in [0.2, 0.25) is 0 Å². The number of aliphatic hydroxyl groups is 1. The van der Waals surface area contributed by atoms with E-state index >= 15 is 0 Å². The quantitative estimate of drug-likeness (QED) is 0.386. The van der Waals surface area contributed by atoms with Crippen molar-refractivity contribution in [2.75, 3.05) is 12.4 Å². The van der Waals surface area contributed by atoms with E-state index in [1.807, 2.05) is 37.3 Å². The van der Waals surface area contributed by atoms with Crippen LogP contribution in [-0.2, 0) is 10.2 Å². The number of amides is 2. The second kappa shape index (κ2) is 12.2. The summed E-state index contributed by atoms with van der Waals surface area (Å²) in [7, 11) is 1.62. The minimum absolute atomic E-state index is 0.141. The number of aliphatic hydroxyl groups excluding tert-OH is 1. The molecule has 0 aliphatic heterocycles. The summed E-state index contributed by atoms with van der Waals surface area (Å²) < 4.78 is 5.64. The monoisotopic (exact) mass is 482 g/mol. The Kier molecular flexibility index (Phi) is 9.90. The number of carbonyl (C=O) groups excluding carboxylic acids is 2. The van der Waals surface area contributed by atoms with Gasteiger partial charge < -0.3 is 20.9 Å². The fourth-order valence-electron chi connectivity index (χ4n) is 4.95. The summed E-state index contributed by atoms with van der Waals surface area (Å²) in [5.41, 5.74) is 7.99. The normalized spacial score (nSPS) is 14.3. The third kappa shape index (κ3) is 7.31. The van der Waals surface area contributed by atoms with Crippen LogP contribution >= 0.6 is 0 Å². The molecule has 0 saturated carbocycles. The van der Waals surface area contributed by atoms with E-state index in [-0.39, 0.29) is 35.5 Å². The molecule has 0 bridgehead atoms. The second-order valence-corrected chi connectivity index (χ2v) is 10.7. The zero-order chi connectivity index (χ0) is 26.3. The number of carbonyl (C=O) groups is 2. The summed E-state index contributed by atoms with van der Waals surface area (Å²) in [6.07, 6.45) is 1.12. The van der Waals surface area contributed by atoms with Gasteiger partial charge in [-0.25, -0.2) is 0 Å². The third-order valence-electron chi connectivity index (χ3n) is 6.59. The van der Waals surface area contributed by atoms with E-state index in [9.17, 15) is 14.7 Å². The van der Waals surface area contributed by atoms with Gasteiger partial charge in [-0.1, -0.05) is 72.2 Å². The molecule has 6 heteroatoms. The van der Waals surface area contributed by atoms with Gasteiger partial charge in [-0.3, -0.25) is 9.59 Å². The topological polar surface area (TPSA) is 102 Å². The highest BCUT2D eigenvalue weighted by Gasteiger charge is 2.35. The Morgan fingerprint density at radius 2 is 1.77 bits per heavy atom. The Morgan fingerprint density at radius 3 is 2.31 bits per heavy atom. The predicted octanol–water partition coefficient (Wildman–Crippen LogP) is 5.64. The van der Waals surface area contributed by atoms with E-state index in [0.29, 0.717) is 23.4 Å². The summed E-state index contributed by atoms with van der Waals surface area (Å²) in [5, 5.41) is 14.1. The number of para-hydroxylation sites is 1. The molecule has 2 aromatic carbocycles. The van der Waals surface area contributed by atoms with Gasteiger partial charge >= 0.3 is 0 Å². The van der Waals surface area contributed by atoms with Crippen LogP contribution in [0.5, 0.6) is 5.75 Å². The highest BCUT2D eigenvalue weighted by atomic mass is 16.5. The first-order chi connectivity index (χ1) is 16.4. The Hall–Kier alpha value is -2.86. The van der Waals surface area contributed by atoms with Crippen molar-refractivity contribution in [1.82, 2.24) is 0 Å². The first-order valence-corrected chi connectivity index (χ1v) is 12.5. The van der Waals surface area contributed by atoms with E-state index < -0.39 is 12.0 Å². The van der Waals surface area contributed by atoms with E-state index in [2.05, 4.69) is 39.9 Å². The maximum atomic E-state index is 13.5. The minimum Gasteiger partial charge on any atom is -0.496 e. The molecule has 6 nitrogen and oxygen atoms in total. The highest BCUT2D eigenvalue weighted by molar-refractivity contribution is 5.97. The molecule has 3 atom stereocenters. The van der Waals surface area contributed by atoms with E-state index in [0.717, 1.165) is 17.5 Å². The molecule has 0 aliphatic rings. The molecule has 0 fully saturated rings. The molecule has 4 N–H and O–H groups in total. The lowest BCUT2D eigenvalue weighted by Gasteiger charge is -2.35. The number of benzene rings is 2. The molecular weight excluding hydrogens is 440 g/mol. The largest absolute Gasteiger partial charge is 0.496 e. The van der Waals surface area contributed by atoms with Crippen LogP contribution < -0.4 is 15.8 Å². The third-order valence-corrected chi connectivity index (χ3v) is 6.59. The fraction of sp³-hybridized carbons (Fsp3) is 0.517. The molecule has 0 aromatic heterocycles.